The topological polar surface area (TPSA) is 147 Å². The van der Waals surface area contributed by atoms with Crippen molar-refractivity contribution in [2.45, 2.75) is 40.9 Å². The molecule has 3 rings (SSSR count). The van der Waals surface area contributed by atoms with E-state index in [1.54, 1.807) is 11.8 Å². The molecule has 3 aliphatic heterocycles. The minimum absolute atomic E-state index is 0.0380. The molecule has 0 aliphatic carbocycles. The Hall–Kier alpha value is -2.11. The van der Waals surface area contributed by atoms with Gasteiger partial charge in [-0.3, -0.25) is 4.79 Å². The third kappa shape index (κ3) is 4.12. The second-order valence-corrected chi connectivity index (χ2v) is 9.34. The Labute approximate surface area is 180 Å². The van der Waals surface area contributed by atoms with E-state index in [4.69, 9.17) is 50.0 Å². The van der Waals surface area contributed by atoms with Crippen LogP contribution in [0, 0.1) is 0 Å². The summed E-state index contributed by atoms with van der Waals surface area (Å²) in [6, 6.07) is -1.56. The molecule has 0 saturated carbocycles. The van der Waals surface area contributed by atoms with E-state index in [0.29, 0.717) is 5.82 Å². The van der Waals surface area contributed by atoms with Gasteiger partial charge in [-0.2, -0.15) is 0 Å². The van der Waals surface area contributed by atoms with Gasteiger partial charge in [0.05, 0.1) is 11.9 Å². The van der Waals surface area contributed by atoms with Gasteiger partial charge in [-0.15, -0.1) is 4.99 Å². The molecule has 1 spiro atoms. The zero-order valence-corrected chi connectivity index (χ0v) is 17.5. The van der Waals surface area contributed by atoms with Crippen LogP contribution in [0.15, 0.2) is 17.4 Å². The third-order valence-corrected chi connectivity index (χ3v) is 5.08. The zero-order valence-electron chi connectivity index (χ0n) is 15.2. The predicted octanol–water partition coefficient (Wildman–Crippen LogP) is 0.309. The first-order valence-electron chi connectivity index (χ1n) is 8.51. The number of carbonyl (C=O) groups is 3. The summed E-state index contributed by atoms with van der Waals surface area (Å²) in [7, 11) is 0. The van der Waals surface area contributed by atoms with E-state index in [0.717, 1.165) is 0 Å². The lowest BCUT2D eigenvalue weighted by atomic mass is 9.89. The van der Waals surface area contributed by atoms with Crippen molar-refractivity contribution in [3.8, 4) is 0 Å². The summed E-state index contributed by atoms with van der Waals surface area (Å²) in [6.45, 7) is 4.92. The molecule has 5 N–H and O–H groups in total. The Morgan fingerprint density at radius 3 is 2.69 bits per heavy atom. The van der Waals surface area contributed by atoms with Crippen LogP contribution in [0.3, 0.4) is 0 Å². The number of hydrogen-bond acceptors (Lipinski definition) is 7. The lowest BCUT2D eigenvalue weighted by Crippen LogP contribution is -2.77. The fraction of sp³-hybridized carbons (Fsp3) is 0.600. The highest BCUT2D eigenvalue weighted by molar-refractivity contribution is 6.67. The Kier molecular flexibility index (Phi) is 5.67. The van der Waals surface area contributed by atoms with Gasteiger partial charge in [0, 0.05) is 12.5 Å². The molecule has 2 amide bonds. The second kappa shape index (κ2) is 7.62. The maximum atomic E-state index is 13.0. The number of ether oxygens (including phenoxy) is 2. The number of rotatable bonds is 3. The van der Waals surface area contributed by atoms with E-state index >= 15 is 0 Å². The van der Waals surface area contributed by atoms with E-state index in [9.17, 15) is 14.4 Å². The molecule has 4 atom stereocenters. The van der Waals surface area contributed by atoms with Crippen molar-refractivity contribution in [1.82, 2.24) is 20.9 Å². The highest BCUT2D eigenvalue weighted by Gasteiger charge is 2.65. The molecular weight excluding hydrogens is 451 g/mol. The number of hydrogen-bond donors (Lipinski definition) is 4. The summed E-state index contributed by atoms with van der Waals surface area (Å²) in [6.07, 6.45) is -1.83. The smallest absolute Gasteiger partial charge is 0.436 e. The first-order valence-corrected chi connectivity index (χ1v) is 9.64. The molecule has 160 valence electrons. The number of halogens is 3. The first-order chi connectivity index (χ1) is 13.4. The number of guanidine groups is 1. The van der Waals surface area contributed by atoms with Crippen LogP contribution in [0.4, 0.5) is 9.59 Å². The van der Waals surface area contributed by atoms with Gasteiger partial charge in [-0.05, 0) is 6.92 Å². The van der Waals surface area contributed by atoms with Crippen LogP contribution >= 0.6 is 34.8 Å². The largest absolute Gasteiger partial charge is 0.447 e. The van der Waals surface area contributed by atoms with Gasteiger partial charge >= 0.3 is 12.2 Å². The molecule has 11 nitrogen and oxygen atoms in total. The van der Waals surface area contributed by atoms with Gasteiger partial charge in [0.2, 0.25) is 9.75 Å². The quantitative estimate of drug-likeness (QED) is 0.429. The fourth-order valence-electron chi connectivity index (χ4n) is 3.83. The van der Waals surface area contributed by atoms with Gasteiger partial charge in [0.25, 0.3) is 0 Å². The van der Waals surface area contributed by atoms with Crippen molar-refractivity contribution in [3.63, 3.8) is 0 Å². The number of aliphatic imine (C=N–C) groups is 1. The van der Waals surface area contributed by atoms with Crippen LogP contribution in [0.2, 0.25) is 0 Å². The molecule has 3 saturated heterocycles. The molecule has 0 bridgehead atoms. The minimum Gasteiger partial charge on any atom is -0.447 e. The number of Topliss-reactive ketones (excluding diaryl/α,β-unsaturated/α-hetero) is 1. The van der Waals surface area contributed by atoms with E-state index in [1.165, 1.54) is 0 Å². The van der Waals surface area contributed by atoms with Crippen LogP contribution < -0.4 is 21.7 Å². The summed E-state index contributed by atoms with van der Waals surface area (Å²) in [4.78, 5) is 41.7. The molecule has 0 aromatic carbocycles. The Morgan fingerprint density at radius 1 is 1.38 bits per heavy atom. The van der Waals surface area contributed by atoms with E-state index in [1.807, 2.05) is 0 Å². The van der Waals surface area contributed by atoms with Gasteiger partial charge in [0.15, 0.2) is 11.4 Å². The summed E-state index contributed by atoms with van der Waals surface area (Å²) in [5.74, 6) is 0.290. The molecular formula is C15H19Cl3N6O5. The third-order valence-electron chi connectivity index (χ3n) is 4.75. The predicted molar refractivity (Wildman–Crippen MR) is 104 cm³/mol. The van der Waals surface area contributed by atoms with Crippen LogP contribution in [-0.4, -0.2) is 69.6 Å². The molecule has 0 aromatic rings. The van der Waals surface area contributed by atoms with E-state index in [2.05, 4.69) is 27.5 Å². The lowest BCUT2D eigenvalue weighted by molar-refractivity contribution is -0.126. The SMILES string of the molecule is C=C1N[C@H]2[C@H](COC(N)=O)N/C(=N\C(=O)OCC(Cl)(Cl)Cl)N3[C@@H](C)CC(=O)C23N1. The number of amides is 2. The first kappa shape index (κ1) is 21.6. The average molecular weight is 470 g/mol. The Bertz CT molecular complexity index is 787. The molecule has 14 heteroatoms. The molecule has 3 aliphatic rings. The second-order valence-electron chi connectivity index (χ2n) is 6.82. The maximum Gasteiger partial charge on any atom is 0.436 e. The number of alkyl halides is 3. The average Bonchev–Trinajstić information content (AvgIpc) is 3.06. The van der Waals surface area contributed by atoms with Crippen LogP contribution in [0.1, 0.15) is 13.3 Å². The van der Waals surface area contributed by atoms with Crippen molar-refractivity contribution in [2.75, 3.05) is 13.2 Å². The summed E-state index contributed by atoms with van der Waals surface area (Å²) < 4.78 is 7.95. The van der Waals surface area contributed by atoms with Crippen molar-refractivity contribution < 1.29 is 23.9 Å². The molecule has 29 heavy (non-hydrogen) atoms. The standard InChI is InChI=1S/C15H19Cl3N6O5/c1-6-3-9(25)15-10(20-7(2)23-15)8(4-28-11(19)26)21-12(24(6)15)22-13(27)29-5-14(16,17)18/h6,8,10,20,23H,2-5H2,1H3,(H2,19,26)(H,21,22,27)/t6-,8-,10-,15?/m0/s1. The maximum absolute atomic E-state index is 13.0. The van der Waals surface area contributed by atoms with Crippen molar-refractivity contribution in [2.24, 2.45) is 10.7 Å². The Balaban J connectivity index is 1.95. The van der Waals surface area contributed by atoms with Gasteiger partial charge in [-0.25, -0.2) is 9.59 Å². The van der Waals surface area contributed by atoms with Crippen molar-refractivity contribution in [1.29, 1.82) is 0 Å². The highest BCUT2D eigenvalue weighted by Crippen LogP contribution is 2.39. The van der Waals surface area contributed by atoms with Gasteiger partial charge in [0.1, 0.15) is 19.3 Å². The van der Waals surface area contributed by atoms with Crippen LogP contribution in [0.25, 0.3) is 0 Å². The number of ketones is 1. The molecule has 3 heterocycles. The Morgan fingerprint density at radius 2 is 2.07 bits per heavy atom. The minimum atomic E-state index is -1.80. The van der Waals surface area contributed by atoms with Gasteiger partial charge in [-0.1, -0.05) is 41.4 Å². The molecule has 1 unspecified atom stereocenters. The molecule has 0 aromatic heterocycles. The molecule has 3 fully saturated rings. The number of nitrogens with zero attached hydrogens (tertiary/aromatic N) is 2. The van der Waals surface area contributed by atoms with Crippen molar-refractivity contribution in [3.05, 3.63) is 12.4 Å². The van der Waals surface area contributed by atoms with Gasteiger partial charge < -0.3 is 36.1 Å². The number of nitrogens with one attached hydrogen (secondary N) is 3. The summed E-state index contributed by atoms with van der Waals surface area (Å²) in [5, 5.41) is 9.12. The highest BCUT2D eigenvalue weighted by atomic mass is 35.6. The normalized spacial score (nSPS) is 32.1. The number of carbonyl (C=O) groups excluding carboxylic acids is 3. The summed E-state index contributed by atoms with van der Waals surface area (Å²) >= 11 is 16.7. The van der Waals surface area contributed by atoms with Crippen LogP contribution in [0.5, 0.6) is 0 Å². The monoisotopic (exact) mass is 468 g/mol. The molecule has 0 radical (unpaired) electrons. The van der Waals surface area contributed by atoms with Crippen molar-refractivity contribution >= 4 is 58.7 Å². The zero-order chi connectivity index (χ0) is 21.6. The number of nitrogens with two attached hydrogens (primary N) is 1. The number of primary amides is 1. The fourth-order valence-corrected chi connectivity index (χ4v) is 3.99. The lowest BCUT2D eigenvalue weighted by Gasteiger charge is -2.48. The summed E-state index contributed by atoms with van der Waals surface area (Å²) in [5.41, 5.74) is 3.79. The van der Waals surface area contributed by atoms with E-state index < -0.39 is 40.3 Å². The van der Waals surface area contributed by atoms with Crippen LogP contribution in [-0.2, 0) is 14.3 Å². The van der Waals surface area contributed by atoms with E-state index in [-0.39, 0.29) is 30.8 Å².